The third kappa shape index (κ3) is 5.34. The lowest BCUT2D eigenvalue weighted by atomic mass is 9.99. The molecule has 1 atom stereocenters. The van der Waals surface area contributed by atoms with Gasteiger partial charge in [0.1, 0.15) is 24.2 Å². The van der Waals surface area contributed by atoms with Crippen LogP contribution in [0.5, 0.6) is 0 Å². The molecule has 0 saturated heterocycles. The molecule has 0 bridgehead atoms. The number of nitrogens with zero attached hydrogens (tertiary/aromatic N) is 3. The molecule has 170 valence electrons. The molecular weight excluding hydrogens is 429 g/mol. The van der Waals surface area contributed by atoms with Crippen LogP contribution >= 0.6 is 0 Å². The highest BCUT2D eigenvalue weighted by Crippen LogP contribution is 2.29. The first-order valence-corrected chi connectivity index (χ1v) is 12.4. The second kappa shape index (κ2) is 9.79. The van der Waals surface area contributed by atoms with Gasteiger partial charge in [0.05, 0.1) is 10.6 Å². The first-order valence-electron chi connectivity index (χ1n) is 10.9. The largest absolute Gasteiger partial charge is 0.310 e. The number of halogens is 1. The molecule has 32 heavy (non-hydrogen) atoms. The van der Waals surface area contributed by atoms with Gasteiger partial charge in [-0.1, -0.05) is 43.9 Å². The fraction of sp³-hybridized carbons (Fsp3) is 0.391. The Balaban J connectivity index is 1.45. The molecule has 4 rings (SSSR count). The Kier molecular flexibility index (Phi) is 6.86. The fourth-order valence-electron chi connectivity index (χ4n) is 4.26. The van der Waals surface area contributed by atoms with Crippen LogP contribution in [0, 0.1) is 11.7 Å². The van der Waals surface area contributed by atoms with Gasteiger partial charge in [-0.3, -0.25) is 4.72 Å². The van der Waals surface area contributed by atoms with Crippen LogP contribution in [0.3, 0.4) is 0 Å². The number of sulfonamides is 1. The zero-order valence-corrected chi connectivity index (χ0v) is 18.9. The van der Waals surface area contributed by atoms with E-state index in [9.17, 15) is 12.8 Å². The third-order valence-electron chi connectivity index (χ3n) is 5.96. The van der Waals surface area contributed by atoms with Crippen LogP contribution in [-0.2, 0) is 16.6 Å². The highest BCUT2D eigenvalue weighted by Gasteiger charge is 2.20. The van der Waals surface area contributed by atoms with E-state index in [0.29, 0.717) is 18.3 Å². The van der Waals surface area contributed by atoms with Crippen molar-refractivity contribution < 1.29 is 12.8 Å². The van der Waals surface area contributed by atoms with Crippen molar-refractivity contribution in [1.82, 2.24) is 20.1 Å². The molecule has 0 amide bonds. The fourth-order valence-corrected chi connectivity index (χ4v) is 5.38. The quantitative estimate of drug-likeness (QED) is 0.501. The van der Waals surface area contributed by atoms with Gasteiger partial charge in [-0.05, 0) is 49.1 Å². The summed E-state index contributed by atoms with van der Waals surface area (Å²) >= 11 is 0. The van der Waals surface area contributed by atoms with Crippen molar-refractivity contribution in [2.75, 3.05) is 4.72 Å². The van der Waals surface area contributed by atoms with Gasteiger partial charge < -0.3 is 5.32 Å². The highest BCUT2D eigenvalue weighted by atomic mass is 32.2. The van der Waals surface area contributed by atoms with Crippen molar-refractivity contribution in [3.8, 4) is 5.69 Å². The summed E-state index contributed by atoms with van der Waals surface area (Å²) in [5.41, 5.74) is 1.45. The van der Waals surface area contributed by atoms with E-state index >= 15 is 0 Å². The Labute approximate surface area is 188 Å². The van der Waals surface area contributed by atoms with Gasteiger partial charge in [0.15, 0.2) is 0 Å². The monoisotopic (exact) mass is 457 g/mol. The predicted octanol–water partition coefficient (Wildman–Crippen LogP) is 4.27. The maximum absolute atomic E-state index is 14.5. The lowest BCUT2D eigenvalue weighted by Crippen LogP contribution is -2.28. The van der Waals surface area contributed by atoms with Crippen molar-refractivity contribution in [2.24, 2.45) is 5.92 Å². The number of para-hydroxylation sites is 1. The van der Waals surface area contributed by atoms with E-state index in [0.717, 1.165) is 24.0 Å². The zero-order chi connectivity index (χ0) is 22.6. The summed E-state index contributed by atoms with van der Waals surface area (Å²) in [5.74, 6) is 0.0794. The van der Waals surface area contributed by atoms with Crippen LogP contribution in [0.4, 0.5) is 10.1 Å². The van der Waals surface area contributed by atoms with E-state index in [2.05, 4.69) is 27.0 Å². The molecule has 3 aromatic rings. The van der Waals surface area contributed by atoms with Crippen LogP contribution in [-0.4, -0.2) is 29.2 Å². The Morgan fingerprint density at radius 1 is 1.19 bits per heavy atom. The average Bonchev–Trinajstić information content (AvgIpc) is 3.47. The average molecular weight is 458 g/mol. The van der Waals surface area contributed by atoms with Gasteiger partial charge in [-0.25, -0.2) is 22.5 Å². The molecule has 1 fully saturated rings. The third-order valence-corrected chi connectivity index (χ3v) is 7.32. The lowest BCUT2D eigenvalue weighted by molar-refractivity contribution is 0.404. The van der Waals surface area contributed by atoms with E-state index in [-0.39, 0.29) is 10.6 Å². The molecule has 0 spiro atoms. The maximum Gasteiger partial charge on any atom is 0.262 e. The molecule has 7 nitrogen and oxygen atoms in total. The molecule has 1 saturated carbocycles. The lowest BCUT2D eigenvalue weighted by Gasteiger charge is -2.19. The molecule has 1 heterocycles. The SMILES string of the molecule is C[C@@H](CC1CCCC1)NCc1ccccc1NS(=O)(=O)c1ccc(-n2cncn2)c(F)c1. The number of hydrogen-bond acceptors (Lipinski definition) is 5. The molecule has 0 aliphatic heterocycles. The minimum atomic E-state index is -3.96. The topological polar surface area (TPSA) is 88.9 Å². The Hall–Kier alpha value is -2.78. The van der Waals surface area contributed by atoms with E-state index in [1.165, 1.54) is 55.2 Å². The van der Waals surface area contributed by atoms with Crippen molar-refractivity contribution in [1.29, 1.82) is 0 Å². The number of hydrogen-bond donors (Lipinski definition) is 2. The van der Waals surface area contributed by atoms with Gasteiger partial charge in [-0.2, -0.15) is 5.10 Å². The molecule has 1 aromatic heterocycles. The molecule has 2 aromatic carbocycles. The Bertz CT molecular complexity index is 1140. The van der Waals surface area contributed by atoms with Crippen molar-refractivity contribution >= 4 is 15.7 Å². The van der Waals surface area contributed by atoms with Crippen LogP contribution in [0.1, 0.15) is 44.6 Å². The summed E-state index contributed by atoms with van der Waals surface area (Å²) in [4.78, 5) is 3.63. The molecule has 1 aliphatic carbocycles. The van der Waals surface area contributed by atoms with Crippen molar-refractivity contribution in [3.63, 3.8) is 0 Å². The first kappa shape index (κ1) is 22.4. The van der Waals surface area contributed by atoms with Crippen molar-refractivity contribution in [2.45, 2.75) is 56.5 Å². The predicted molar refractivity (Wildman–Crippen MR) is 121 cm³/mol. The van der Waals surface area contributed by atoms with E-state index in [1.807, 2.05) is 12.1 Å². The number of anilines is 1. The minimum absolute atomic E-state index is 0.127. The molecule has 1 aliphatic rings. The van der Waals surface area contributed by atoms with E-state index < -0.39 is 15.8 Å². The Morgan fingerprint density at radius 2 is 1.97 bits per heavy atom. The van der Waals surface area contributed by atoms with Gasteiger partial charge >= 0.3 is 0 Å². The van der Waals surface area contributed by atoms with Gasteiger partial charge in [0.25, 0.3) is 10.0 Å². The van der Waals surface area contributed by atoms with Crippen molar-refractivity contribution in [3.05, 3.63) is 66.5 Å². The molecule has 0 radical (unpaired) electrons. The van der Waals surface area contributed by atoms with Gasteiger partial charge in [0.2, 0.25) is 0 Å². The first-order chi connectivity index (χ1) is 15.4. The summed E-state index contributed by atoms with van der Waals surface area (Å²) < 4.78 is 44.3. The van der Waals surface area contributed by atoms with E-state index in [1.54, 1.807) is 12.1 Å². The minimum Gasteiger partial charge on any atom is -0.310 e. The van der Waals surface area contributed by atoms with Gasteiger partial charge in [0, 0.05) is 12.6 Å². The number of nitrogens with one attached hydrogen (secondary N) is 2. The van der Waals surface area contributed by atoms with Crippen LogP contribution in [0.2, 0.25) is 0 Å². The second-order valence-electron chi connectivity index (χ2n) is 8.38. The molecule has 0 unspecified atom stereocenters. The maximum atomic E-state index is 14.5. The van der Waals surface area contributed by atoms with Gasteiger partial charge in [-0.15, -0.1) is 0 Å². The highest BCUT2D eigenvalue weighted by molar-refractivity contribution is 7.92. The summed E-state index contributed by atoms with van der Waals surface area (Å²) in [6.45, 7) is 2.72. The normalized spacial score (nSPS) is 15.7. The summed E-state index contributed by atoms with van der Waals surface area (Å²) in [6.07, 6.45) is 9.01. The summed E-state index contributed by atoms with van der Waals surface area (Å²) in [7, 11) is -3.96. The van der Waals surface area contributed by atoms with Crippen LogP contribution in [0.25, 0.3) is 5.69 Å². The number of benzene rings is 2. The zero-order valence-electron chi connectivity index (χ0n) is 18.0. The summed E-state index contributed by atoms with van der Waals surface area (Å²) in [6, 6.07) is 11.3. The number of aromatic nitrogens is 3. The molecular formula is C23H28FN5O2S. The number of rotatable bonds is 9. The summed E-state index contributed by atoms with van der Waals surface area (Å²) in [5, 5.41) is 7.39. The van der Waals surface area contributed by atoms with Crippen LogP contribution < -0.4 is 10.0 Å². The molecule has 9 heteroatoms. The Morgan fingerprint density at radius 3 is 2.69 bits per heavy atom. The smallest absolute Gasteiger partial charge is 0.262 e. The van der Waals surface area contributed by atoms with E-state index in [4.69, 9.17) is 0 Å². The van der Waals surface area contributed by atoms with Crippen LogP contribution in [0.15, 0.2) is 60.0 Å². The standard InChI is InChI=1S/C23H28FN5O2S/c1-17(12-18-6-2-3-7-18)26-14-19-8-4-5-9-22(19)28-32(30,31)20-10-11-23(21(24)13-20)29-16-25-15-27-29/h4-5,8-11,13,15-18,26,28H,2-3,6-7,12,14H2,1H3/t17-/m0/s1. The second-order valence-corrected chi connectivity index (χ2v) is 10.1. The molecule has 2 N–H and O–H groups in total.